The van der Waals surface area contributed by atoms with Crippen LogP contribution in [-0.4, -0.2) is 25.5 Å². The SMILES string of the molecule is CCc1nn(C)c(C(=O)Nc2cc(C)nn2C)c1N. The van der Waals surface area contributed by atoms with E-state index in [4.69, 9.17) is 5.73 Å². The number of nitrogens with zero attached hydrogens (tertiary/aromatic N) is 4. The van der Waals surface area contributed by atoms with Gasteiger partial charge in [-0.25, -0.2) is 0 Å². The Morgan fingerprint density at radius 2 is 2.05 bits per heavy atom. The fourth-order valence-electron chi connectivity index (χ4n) is 2.03. The average molecular weight is 262 g/mol. The predicted octanol–water partition coefficient (Wildman–Crippen LogP) is 0.859. The molecule has 0 spiro atoms. The summed E-state index contributed by atoms with van der Waals surface area (Å²) in [6.45, 7) is 3.81. The lowest BCUT2D eigenvalue weighted by Crippen LogP contribution is -2.19. The highest BCUT2D eigenvalue weighted by Crippen LogP contribution is 2.18. The number of aryl methyl sites for hydroxylation is 4. The van der Waals surface area contributed by atoms with Crippen LogP contribution in [0.25, 0.3) is 0 Å². The molecule has 2 aromatic heterocycles. The number of nitrogens with one attached hydrogen (secondary N) is 1. The Morgan fingerprint density at radius 3 is 2.53 bits per heavy atom. The number of hydrogen-bond acceptors (Lipinski definition) is 4. The lowest BCUT2D eigenvalue weighted by molar-refractivity contribution is 0.101. The molecule has 0 aromatic carbocycles. The van der Waals surface area contributed by atoms with Crippen LogP contribution in [0.2, 0.25) is 0 Å². The summed E-state index contributed by atoms with van der Waals surface area (Å²) in [6, 6.07) is 1.80. The molecule has 0 aliphatic heterocycles. The van der Waals surface area contributed by atoms with Gasteiger partial charge >= 0.3 is 0 Å². The molecule has 0 fully saturated rings. The summed E-state index contributed by atoms with van der Waals surface area (Å²) in [5.74, 6) is 0.344. The number of rotatable bonds is 3. The zero-order valence-corrected chi connectivity index (χ0v) is 11.6. The van der Waals surface area contributed by atoms with Crippen LogP contribution in [0.15, 0.2) is 6.07 Å². The van der Waals surface area contributed by atoms with E-state index in [9.17, 15) is 4.79 Å². The summed E-state index contributed by atoms with van der Waals surface area (Å²) in [5.41, 5.74) is 8.32. The smallest absolute Gasteiger partial charge is 0.277 e. The molecule has 0 unspecified atom stereocenters. The number of carbonyl (C=O) groups is 1. The van der Waals surface area contributed by atoms with E-state index >= 15 is 0 Å². The number of hydrogen-bond donors (Lipinski definition) is 2. The van der Waals surface area contributed by atoms with Crippen LogP contribution >= 0.6 is 0 Å². The van der Waals surface area contributed by atoms with Crippen molar-refractivity contribution in [1.29, 1.82) is 0 Å². The summed E-state index contributed by atoms with van der Waals surface area (Å²) >= 11 is 0. The first kappa shape index (κ1) is 13.1. The number of amides is 1. The minimum absolute atomic E-state index is 0.282. The van der Waals surface area contributed by atoms with Gasteiger partial charge in [-0.15, -0.1) is 0 Å². The standard InChI is InChI=1S/C12H18N6O/c1-5-8-10(13)11(18(4)16-8)12(19)14-9-6-7(2)15-17(9)3/h6H,5,13H2,1-4H3,(H,14,19). The molecule has 0 bridgehead atoms. The minimum atomic E-state index is -0.282. The van der Waals surface area contributed by atoms with Gasteiger partial charge in [-0.3, -0.25) is 14.2 Å². The van der Waals surface area contributed by atoms with E-state index in [2.05, 4.69) is 15.5 Å². The molecule has 0 aliphatic carbocycles. The van der Waals surface area contributed by atoms with Crippen LogP contribution in [-0.2, 0) is 20.5 Å². The normalized spacial score (nSPS) is 10.7. The van der Waals surface area contributed by atoms with Gasteiger partial charge in [0.1, 0.15) is 11.5 Å². The van der Waals surface area contributed by atoms with E-state index < -0.39 is 0 Å². The fraction of sp³-hybridized carbons (Fsp3) is 0.417. The Balaban J connectivity index is 2.30. The van der Waals surface area contributed by atoms with Crippen molar-refractivity contribution in [3.8, 4) is 0 Å². The first-order valence-electron chi connectivity index (χ1n) is 6.07. The molecule has 102 valence electrons. The van der Waals surface area contributed by atoms with Gasteiger partial charge < -0.3 is 11.1 Å². The van der Waals surface area contributed by atoms with Gasteiger partial charge in [0.2, 0.25) is 0 Å². The molecule has 0 radical (unpaired) electrons. The third kappa shape index (κ3) is 2.31. The molecule has 1 amide bonds. The van der Waals surface area contributed by atoms with Crippen LogP contribution in [0.5, 0.6) is 0 Å². The quantitative estimate of drug-likeness (QED) is 0.858. The zero-order chi connectivity index (χ0) is 14.2. The molecule has 0 atom stereocenters. The molecule has 2 heterocycles. The topological polar surface area (TPSA) is 90.8 Å². The summed E-state index contributed by atoms with van der Waals surface area (Å²) in [5, 5.41) is 11.2. The van der Waals surface area contributed by atoms with Crippen molar-refractivity contribution in [3.05, 3.63) is 23.1 Å². The molecule has 7 heteroatoms. The first-order chi connectivity index (χ1) is 8.93. The average Bonchev–Trinajstić information content (AvgIpc) is 2.79. The van der Waals surface area contributed by atoms with Crippen LogP contribution < -0.4 is 11.1 Å². The van der Waals surface area contributed by atoms with Crippen LogP contribution in [0.4, 0.5) is 11.5 Å². The number of nitrogens with two attached hydrogens (primary N) is 1. The van der Waals surface area contributed by atoms with Gasteiger partial charge in [-0.1, -0.05) is 6.92 Å². The lowest BCUT2D eigenvalue weighted by Gasteiger charge is -2.06. The molecule has 0 saturated heterocycles. The fourth-order valence-corrected chi connectivity index (χ4v) is 2.03. The number of anilines is 2. The van der Waals surface area contributed by atoms with Gasteiger partial charge in [-0.2, -0.15) is 10.2 Å². The molecule has 19 heavy (non-hydrogen) atoms. The lowest BCUT2D eigenvalue weighted by atomic mass is 10.2. The Hall–Kier alpha value is -2.31. The number of aromatic nitrogens is 4. The minimum Gasteiger partial charge on any atom is -0.395 e. The molecule has 3 N–H and O–H groups in total. The van der Waals surface area contributed by atoms with Crippen molar-refractivity contribution < 1.29 is 4.79 Å². The van der Waals surface area contributed by atoms with E-state index in [0.717, 1.165) is 11.4 Å². The molecule has 2 aromatic rings. The van der Waals surface area contributed by atoms with Gasteiger partial charge in [-0.05, 0) is 13.3 Å². The highest BCUT2D eigenvalue weighted by molar-refractivity contribution is 6.06. The molecular formula is C12H18N6O. The largest absolute Gasteiger partial charge is 0.395 e. The summed E-state index contributed by atoms with van der Waals surface area (Å²) in [7, 11) is 3.48. The maximum atomic E-state index is 12.3. The molecular weight excluding hydrogens is 244 g/mol. The first-order valence-corrected chi connectivity index (χ1v) is 6.07. The third-order valence-corrected chi connectivity index (χ3v) is 2.95. The Morgan fingerprint density at radius 1 is 1.37 bits per heavy atom. The summed E-state index contributed by atoms with van der Waals surface area (Å²) in [6.07, 6.45) is 0.692. The molecule has 0 aliphatic rings. The van der Waals surface area contributed by atoms with E-state index in [-0.39, 0.29) is 5.91 Å². The van der Waals surface area contributed by atoms with Gasteiger partial charge in [0, 0.05) is 20.2 Å². The zero-order valence-electron chi connectivity index (χ0n) is 11.6. The van der Waals surface area contributed by atoms with Crippen molar-refractivity contribution in [3.63, 3.8) is 0 Å². The molecule has 0 saturated carbocycles. The van der Waals surface area contributed by atoms with Crippen molar-refractivity contribution in [2.45, 2.75) is 20.3 Å². The number of carbonyl (C=O) groups excluding carboxylic acids is 1. The van der Waals surface area contributed by atoms with Crippen molar-refractivity contribution in [1.82, 2.24) is 19.6 Å². The maximum absolute atomic E-state index is 12.3. The van der Waals surface area contributed by atoms with Crippen molar-refractivity contribution >= 4 is 17.4 Å². The van der Waals surface area contributed by atoms with Crippen LogP contribution in [0.1, 0.15) is 28.8 Å². The second-order valence-electron chi connectivity index (χ2n) is 4.43. The Labute approximate surface area is 111 Å². The number of nitrogen functional groups attached to an aromatic ring is 1. The highest BCUT2D eigenvalue weighted by Gasteiger charge is 2.20. The highest BCUT2D eigenvalue weighted by atomic mass is 16.2. The van der Waals surface area contributed by atoms with E-state index in [1.54, 1.807) is 24.8 Å². The summed E-state index contributed by atoms with van der Waals surface area (Å²) in [4.78, 5) is 12.3. The molecule has 2 rings (SSSR count). The van der Waals surface area contributed by atoms with E-state index in [1.807, 2.05) is 13.8 Å². The molecule has 7 nitrogen and oxygen atoms in total. The van der Waals surface area contributed by atoms with Crippen LogP contribution in [0, 0.1) is 6.92 Å². The second-order valence-corrected chi connectivity index (χ2v) is 4.43. The predicted molar refractivity (Wildman–Crippen MR) is 72.9 cm³/mol. The summed E-state index contributed by atoms with van der Waals surface area (Å²) < 4.78 is 3.12. The van der Waals surface area contributed by atoms with Crippen LogP contribution in [0.3, 0.4) is 0 Å². The third-order valence-electron chi connectivity index (χ3n) is 2.95. The van der Waals surface area contributed by atoms with Gasteiger partial charge in [0.25, 0.3) is 5.91 Å². The maximum Gasteiger partial charge on any atom is 0.277 e. The van der Waals surface area contributed by atoms with Crippen molar-refractivity contribution in [2.75, 3.05) is 11.1 Å². The Bertz CT molecular complexity index is 624. The van der Waals surface area contributed by atoms with Crippen molar-refractivity contribution in [2.24, 2.45) is 14.1 Å². The van der Waals surface area contributed by atoms with Gasteiger partial charge in [0.15, 0.2) is 0 Å². The van der Waals surface area contributed by atoms with E-state index in [0.29, 0.717) is 23.6 Å². The van der Waals surface area contributed by atoms with E-state index in [1.165, 1.54) is 4.68 Å². The monoisotopic (exact) mass is 262 g/mol. The second kappa shape index (κ2) is 4.75. The Kier molecular flexibility index (Phi) is 3.28. The van der Waals surface area contributed by atoms with Gasteiger partial charge in [0.05, 0.1) is 17.1 Å².